The van der Waals surface area contributed by atoms with Crippen molar-refractivity contribution in [1.82, 2.24) is 19.8 Å². The summed E-state index contributed by atoms with van der Waals surface area (Å²) in [6.07, 6.45) is -2.54. The number of likely N-dealkylation sites (N-methyl/N-ethyl adjacent to an activating group) is 2. The van der Waals surface area contributed by atoms with E-state index in [2.05, 4.69) is 15.3 Å². The lowest BCUT2D eigenvalue weighted by Gasteiger charge is -2.32. The van der Waals surface area contributed by atoms with E-state index in [1.54, 1.807) is 42.1 Å². The van der Waals surface area contributed by atoms with E-state index in [9.17, 15) is 18.0 Å². The maximum Gasteiger partial charge on any atom is 0.421 e. The molecule has 8 nitrogen and oxygen atoms in total. The predicted molar refractivity (Wildman–Crippen MR) is 138 cm³/mol. The van der Waals surface area contributed by atoms with Crippen LogP contribution in [-0.2, 0) is 11.0 Å². The van der Waals surface area contributed by atoms with Gasteiger partial charge in [0.1, 0.15) is 11.4 Å². The second-order valence-corrected chi connectivity index (χ2v) is 9.44. The largest absolute Gasteiger partial charge is 0.421 e. The summed E-state index contributed by atoms with van der Waals surface area (Å²) in [5.41, 5.74) is 5.49. The monoisotopic (exact) mass is 549 g/mol. The lowest BCUT2D eigenvalue weighted by molar-refractivity contribution is -0.137. The van der Waals surface area contributed by atoms with Gasteiger partial charge in [0.2, 0.25) is 11.9 Å². The van der Waals surface area contributed by atoms with Gasteiger partial charge >= 0.3 is 6.18 Å². The van der Waals surface area contributed by atoms with Crippen molar-refractivity contribution in [3.05, 3.63) is 40.0 Å². The van der Waals surface area contributed by atoms with Crippen LogP contribution in [-0.4, -0.2) is 79.0 Å². The Hall–Kier alpha value is -2.34. The molecule has 0 unspecified atom stereocenters. The maximum atomic E-state index is 13.4. The number of nitrogens with zero attached hydrogens (tertiary/aromatic N) is 5. The van der Waals surface area contributed by atoms with Crippen LogP contribution in [0.1, 0.15) is 25.3 Å². The molecule has 0 bridgehead atoms. The molecule has 13 heteroatoms. The molecule has 0 saturated carbocycles. The highest BCUT2D eigenvalue weighted by atomic mass is 35.5. The van der Waals surface area contributed by atoms with Crippen molar-refractivity contribution >= 4 is 46.6 Å². The van der Waals surface area contributed by atoms with Crippen LogP contribution in [0.5, 0.6) is 0 Å². The van der Waals surface area contributed by atoms with Crippen molar-refractivity contribution in [2.45, 2.75) is 32.0 Å². The topological polar surface area (TPSA) is 90.6 Å². The van der Waals surface area contributed by atoms with Crippen LogP contribution in [0.2, 0.25) is 10.0 Å². The number of piperidine rings is 1. The highest BCUT2D eigenvalue weighted by Gasteiger charge is 2.37. The Morgan fingerprint density at radius 3 is 2.36 bits per heavy atom. The van der Waals surface area contributed by atoms with Gasteiger partial charge in [-0.3, -0.25) is 9.69 Å². The number of hydrogen-bond donors (Lipinski definition) is 2. The molecule has 200 valence electrons. The van der Waals surface area contributed by atoms with E-state index >= 15 is 0 Å². The Labute approximate surface area is 219 Å². The zero-order valence-corrected chi connectivity index (χ0v) is 22.3. The molecule has 0 radical (unpaired) electrons. The summed E-state index contributed by atoms with van der Waals surface area (Å²) < 4.78 is 40.1. The second kappa shape index (κ2) is 13.3. The highest BCUT2D eigenvalue weighted by molar-refractivity contribution is 6.42. The van der Waals surface area contributed by atoms with Crippen LogP contribution in [0.3, 0.4) is 0 Å². The SMILES string of the molecule is CCN(C)CC(=O)N(C)C.NC1CCN(c2nc(Nc3ccc(Cl)c(Cl)c3)ncc2C(F)(F)F)CC1. The molecule has 1 aromatic heterocycles. The molecule has 0 atom stereocenters. The van der Waals surface area contributed by atoms with Crippen LogP contribution in [0.25, 0.3) is 0 Å². The van der Waals surface area contributed by atoms with Crippen molar-refractivity contribution in [2.24, 2.45) is 5.73 Å². The van der Waals surface area contributed by atoms with Gasteiger partial charge in [-0.25, -0.2) is 4.98 Å². The number of anilines is 3. The number of rotatable bonds is 6. The minimum atomic E-state index is -4.54. The van der Waals surface area contributed by atoms with E-state index in [0.29, 0.717) is 48.2 Å². The van der Waals surface area contributed by atoms with Crippen LogP contribution in [0, 0.1) is 0 Å². The fourth-order valence-corrected chi connectivity index (χ4v) is 3.47. The van der Waals surface area contributed by atoms with Gasteiger partial charge in [0.05, 0.1) is 16.6 Å². The van der Waals surface area contributed by atoms with Crippen LogP contribution in [0.15, 0.2) is 24.4 Å². The van der Waals surface area contributed by atoms with Gasteiger partial charge in [0.15, 0.2) is 0 Å². The molecule has 1 aromatic carbocycles. The molecule has 1 aliphatic heterocycles. The normalized spacial score (nSPS) is 14.4. The van der Waals surface area contributed by atoms with E-state index in [1.165, 1.54) is 0 Å². The Balaban J connectivity index is 0.000000388. The van der Waals surface area contributed by atoms with E-state index in [0.717, 1.165) is 12.7 Å². The lowest BCUT2D eigenvalue weighted by Crippen LogP contribution is -2.41. The molecule has 1 fully saturated rings. The van der Waals surface area contributed by atoms with Gasteiger partial charge in [-0.05, 0) is 44.6 Å². The smallest absolute Gasteiger partial charge is 0.356 e. The Bertz CT molecular complexity index is 1020. The average Bonchev–Trinajstić information content (AvgIpc) is 2.81. The van der Waals surface area contributed by atoms with Crippen molar-refractivity contribution < 1.29 is 18.0 Å². The van der Waals surface area contributed by atoms with E-state index < -0.39 is 11.7 Å². The second-order valence-electron chi connectivity index (χ2n) is 8.63. The Morgan fingerprint density at radius 1 is 1.19 bits per heavy atom. The van der Waals surface area contributed by atoms with Gasteiger partial charge in [0.25, 0.3) is 0 Å². The standard InChI is InChI=1S/C16H16Cl2F3N5.C7H16N2O/c17-12-2-1-10(7-13(12)18)24-15-23-8-11(16(19,20)21)14(25-15)26-5-3-9(22)4-6-26;1-5-9(4)6-7(10)8(2)3/h1-2,7-9H,3-6,22H2,(H,23,24,25);5-6H2,1-4H3. The first-order valence-electron chi connectivity index (χ1n) is 11.4. The number of carbonyl (C=O) groups is 1. The highest BCUT2D eigenvalue weighted by Crippen LogP contribution is 2.37. The van der Waals surface area contributed by atoms with E-state index in [-0.39, 0.29) is 23.7 Å². The van der Waals surface area contributed by atoms with Crippen molar-refractivity contribution in [2.75, 3.05) is 57.5 Å². The Kier molecular flexibility index (Phi) is 11.0. The molecular formula is C23H32Cl2F3N7O. The molecule has 36 heavy (non-hydrogen) atoms. The fraction of sp³-hybridized carbons (Fsp3) is 0.522. The minimum absolute atomic E-state index is 0.00349. The van der Waals surface area contributed by atoms with Gasteiger partial charge in [-0.2, -0.15) is 18.2 Å². The third kappa shape index (κ3) is 8.95. The number of amides is 1. The first-order chi connectivity index (χ1) is 16.8. The quantitative estimate of drug-likeness (QED) is 0.548. The van der Waals surface area contributed by atoms with E-state index in [1.807, 2.05) is 18.9 Å². The molecule has 1 amide bonds. The molecule has 1 saturated heterocycles. The number of aromatic nitrogens is 2. The zero-order chi connectivity index (χ0) is 27.0. The number of halogens is 5. The fourth-order valence-electron chi connectivity index (χ4n) is 3.17. The summed E-state index contributed by atoms with van der Waals surface area (Å²) in [5, 5.41) is 3.54. The number of hydrogen-bond acceptors (Lipinski definition) is 7. The molecule has 0 spiro atoms. The average molecular weight is 550 g/mol. The van der Waals surface area contributed by atoms with Crippen LogP contribution >= 0.6 is 23.2 Å². The maximum absolute atomic E-state index is 13.4. The van der Waals surface area contributed by atoms with Gasteiger partial charge in [-0.1, -0.05) is 30.1 Å². The molecule has 2 aromatic rings. The van der Waals surface area contributed by atoms with Gasteiger partial charge in [-0.15, -0.1) is 0 Å². The number of alkyl halides is 3. The molecule has 0 aliphatic carbocycles. The van der Waals surface area contributed by atoms with E-state index in [4.69, 9.17) is 28.9 Å². The number of carbonyl (C=O) groups excluding carboxylic acids is 1. The predicted octanol–water partition coefficient (Wildman–Crippen LogP) is 4.50. The summed E-state index contributed by atoms with van der Waals surface area (Å²) in [5.74, 6) is 0.0487. The summed E-state index contributed by atoms with van der Waals surface area (Å²) >= 11 is 11.8. The Morgan fingerprint density at radius 2 is 1.83 bits per heavy atom. The number of nitrogens with one attached hydrogen (secondary N) is 1. The summed E-state index contributed by atoms with van der Waals surface area (Å²) in [7, 11) is 5.47. The van der Waals surface area contributed by atoms with Crippen molar-refractivity contribution in [1.29, 1.82) is 0 Å². The molecule has 2 heterocycles. The summed E-state index contributed by atoms with van der Waals surface area (Å²) in [6.45, 7) is 4.28. The number of benzene rings is 1. The summed E-state index contributed by atoms with van der Waals surface area (Å²) in [4.78, 5) is 24.1. The molecule has 1 aliphatic rings. The summed E-state index contributed by atoms with van der Waals surface area (Å²) in [6, 6.07) is 4.75. The zero-order valence-electron chi connectivity index (χ0n) is 20.7. The third-order valence-electron chi connectivity index (χ3n) is 5.53. The number of nitrogens with two attached hydrogens (primary N) is 1. The first-order valence-corrected chi connectivity index (χ1v) is 12.1. The van der Waals surface area contributed by atoms with Gasteiger partial charge < -0.3 is 20.9 Å². The van der Waals surface area contributed by atoms with Crippen LogP contribution < -0.4 is 16.0 Å². The molecular weight excluding hydrogens is 518 g/mol. The first kappa shape index (κ1) is 29.9. The molecule has 3 rings (SSSR count). The van der Waals surface area contributed by atoms with Crippen LogP contribution in [0.4, 0.5) is 30.6 Å². The molecule has 3 N–H and O–H groups in total. The van der Waals surface area contributed by atoms with Gasteiger partial charge in [0, 0.05) is 45.1 Å². The minimum Gasteiger partial charge on any atom is -0.356 e. The third-order valence-corrected chi connectivity index (χ3v) is 6.27. The van der Waals surface area contributed by atoms with Crippen molar-refractivity contribution in [3.63, 3.8) is 0 Å². The lowest BCUT2D eigenvalue weighted by atomic mass is 10.1. The van der Waals surface area contributed by atoms with Crippen molar-refractivity contribution in [3.8, 4) is 0 Å².